The van der Waals surface area contributed by atoms with Crippen molar-refractivity contribution >= 4 is 12.1 Å². The fraction of sp³-hybridized carbons (Fsp3) is 0.867. The van der Waals surface area contributed by atoms with Crippen LogP contribution >= 0.6 is 0 Å². The number of aliphatic imine (C=N–C) groups is 1. The van der Waals surface area contributed by atoms with Crippen LogP contribution < -0.4 is 10.6 Å². The normalized spacial score (nSPS) is 10.8. The largest absolute Gasteiger partial charge is 0.444 e. The molecule has 0 aromatic heterocycles. The maximum atomic E-state index is 12.1. The summed E-state index contributed by atoms with van der Waals surface area (Å²) in [6.07, 6.45) is 0.629. The highest BCUT2D eigenvalue weighted by Gasteiger charge is 2.21. The zero-order valence-electron chi connectivity index (χ0n) is 14.5. The van der Waals surface area contributed by atoms with Crippen molar-refractivity contribution in [2.45, 2.75) is 53.6 Å². The van der Waals surface area contributed by atoms with Gasteiger partial charge in [-0.25, -0.2) is 4.79 Å². The van der Waals surface area contributed by atoms with Crippen molar-refractivity contribution in [2.75, 3.05) is 32.7 Å². The Bertz CT molecular complexity index is 316. The number of hydrogen-bond acceptors (Lipinski definition) is 3. The van der Waals surface area contributed by atoms with E-state index in [-0.39, 0.29) is 6.09 Å². The molecule has 0 heterocycles. The molecule has 0 aliphatic carbocycles. The molecule has 0 unspecified atom stereocenters. The molecule has 0 saturated heterocycles. The van der Waals surface area contributed by atoms with Gasteiger partial charge in [-0.05, 0) is 41.0 Å². The number of hydrogen-bond donors (Lipinski definition) is 2. The maximum absolute atomic E-state index is 12.1. The van der Waals surface area contributed by atoms with E-state index in [1.807, 2.05) is 41.5 Å². The fourth-order valence-electron chi connectivity index (χ4n) is 1.68. The van der Waals surface area contributed by atoms with Gasteiger partial charge in [0.1, 0.15) is 5.60 Å². The van der Waals surface area contributed by atoms with Gasteiger partial charge in [0, 0.05) is 26.2 Å². The van der Waals surface area contributed by atoms with Gasteiger partial charge in [0.25, 0.3) is 0 Å². The Morgan fingerprint density at radius 1 is 1.10 bits per heavy atom. The van der Waals surface area contributed by atoms with Gasteiger partial charge in [-0.2, -0.15) is 0 Å². The molecule has 0 spiro atoms. The Kier molecular flexibility index (Phi) is 9.58. The lowest BCUT2D eigenvalue weighted by atomic mass is 10.2. The number of nitrogens with one attached hydrogen (secondary N) is 2. The highest BCUT2D eigenvalue weighted by Crippen LogP contribution is 2.10. The van der Waals surface area contributed by atoms with Gasteiger partial charge in [0.2, 0.25) is 0 Å². The molecule has 21 heavy (non-hydrogen) atoms. The van der Waals surface area contributed by atoms with Gasteiger partial charge < -0.3 is 20.3 Å². The van der Waals surface area contributed by atoms with E-state index in [1.54, 1.807) is 4.90 Å². The predicted molar refractivity (Wildman–Crippen MR) is 87.8 cm³/mol. The average molecular weight is 300 g/mol. The highest BCUT2D eigenvalue weighted by atomic mass is 16.6. The molecule has 2 N–H and O–H groups in total. The summed E-state index contributed by atoms with van der Waals surface area (Å²) in [5, 5.41) is 6.32. The van der Waals surface area contributed by atoms with Gasteiger partial charge in [0.15, 0.2) is 5.96 Å². The molecule has 124 valence electrons. The minimum Gasteiger partial charge on any atom is -0.444 e. The van der Waals surface area contributed by atoms with Crippen LogP contribution in [-0.2, 0) is 4.74 Å². The molecule has 1 amide bonds. The smallest absolute Gasteiger partial charge is 0.410 e. The number of amides is 1. The second kappa shape index (κ2) is 10.3. The summed E-state index contributed by atoms with van der Waals surface area (Å²) in [6, 6.07) is 0. The summed E-state index contributed by atoms with van der Waals surface area (Å²) in [5.41, 5.74) is -0.467. The van der Waals surface area contributed by atoms with E-state index in [2.05, 4.69) is 15.6 Å². The van der Waals surface area contributed by atoms with E-state index >= 15 is 0 Å². The molecule has 0 fully saturated rings. The molecular weight excluding hydrogens is 268 g/mol. The van der Waals surface area contributed by atoms with Crippen molar-refractivity contribution < 1.29 is 9.53 Å². The van der Waals surface area contributed by atoms with Crippen LogP contribution in [0, 0.1) is 0 Å². The molecule has 0 saturated carbocycles. The number of carbonyl (C=O) groups excluding carboxylic acids is 1. The number of carbonyl (C=O) groups is 1. The number of rotatable bonds is 7. The van der Waals surface area contributed by atoms with Gasteiger partial charge >= 0.3 is 6.09 Å². The number of nitrogens with zero attached hydrogens (tertiary/aromatic N) is 2. The first-order valence-corrected chi connectivity index (χ1v) is 7.84. The number of ether oxygens (including phenoxy) is 1. The molecule has 0 aromatic carbocycles. The highest BCUT2D eigenvalue weighted by molar-refractivity contribution is 5.79. The van der Waals surface area contributed by atoms with Crippen molar-refractivity contribution in [3.05, 3.63) is 0 Å². The maximum Gasteiger partial charge on any atom is 0.410 e. The Labute approximate surface area is 129 Å². The third-order valence-corrected chi connectivity index (χ3v) is 2.47. The van der Waals surface area contributed by atoms with Crippen molar-refractivity contribution in [1.29, 1.82) is 0 Å². The van der Waals surface area contributed by atoms with Crippen LogP contribution in [0.2, 0.25) is 0 Å². The third-order valence-electron chi connectivity index (χ3n) is 2.47. The lowest BCUT2D eigenvalue weighted by Gasteiger charge is -2.26. The minimum atomic E-state index is -0.467. The first-order chi connectivity index (χ1) is 9.84. The van der Waals surface area contributed by atoms with E-state index in [9.17, 15) is 4.79 Å². The second-order valence-corrected chi connectivity index (χ2v) is 5.76. The summed E-state index contributed by atoms with van der Waals surface area (Å²) in [4.78, 5) is 18.3. The van der Waals surface area contributed by atoms with Crippen LogP contribution in [0.3, 0.4) is 0 Å². The molecule has 0 aromatic rings. The molecule has 0 rings (SSSR count). The molecule has 0 bridgehead atoms. The van der Waals surface area contributed by atoms with Crippen LogP contribution in [0.4, 0.5) is 4.79 Å². The third kappa shape index (κ3) is 9.98. The van der Waals surface area contributed by atoms with Crippen molar-refractivity contribution in [1.82, 2.24) is 15.5 Å². The summed E-state index contributed by atoms with van der Waals surface area (Å²) in [5.74, 6) is 0.778. The summed E-state index contributed by atoms with van der Waals surface area (Å²) < 4.78 is 5.41. The van der Waals surface area contributed by atoms with Crippen molar-refractivity contribution in [2.24, 2.45) is 4.99 Å². The molecule has 0 atom stereocenters. The van der Waals surface area contributed by atoms with E-state index in [4.69, 9.17) is 4.74 Å². The van der Waals surface area contributed by atoms with E-state index in [0.717, 1.165) is 25.5 Å². The SMILES string of the molecule is CCCN(CCN=C(NCC)NCC)C(=O)OC(C)(C)C. The molecule has 0 radical (unpaired) electrons. The summed E-state index contributed by atoms with van der Waals surface area (Å²) in [7, 11) is 0. The summed E-state index contributed by atoms with van der Waals surface area (Å²) >= 11 is 0. The fourth-order valence-corrected chi connectivity index (χ4v) is 1.68. The topological polar surface area (TPSA) is 66.0 Å². The molecule has 6 nitrogen and oxygen atoms in total. The van der Waals surface area contributed by atoms with Gasteiger partial charge in [-0.3, -0.25) is 4.99 Å². The Morgan fingerprint density at radius 2 is 1.67 bits per heavy atom. The molecule has 0 aliphatic heterocycles. The monoisotopic (exact) mass is 300 g/mol. The zero-order chi connectivity index (χ0) is 16.3. The van der Waals surface area contributed by atoms with Crippen LogP contribution in [0.1, 0.15) is 48.0 Å². The predicted octanol–water partition coefficient (Wildman–Crippen LogP) is 2.21. The first-order valence-electron chi connectivity index (χ1n) is 7.84. The van der Waals surface area contributed by atoms with Crippen molar-refractivity contribution in [3.63, 3.8) is 0 Å². The zero-order valence-corrected chi connectivity index (χ0v) is 14.5. The van der Waals surface area contributed by atoms with Crippen LogP contribution in [0.15, 0.2) is 4.99 Å². The molecule has 6 heteroatoms. The van der Waals surface area contributed by atoms with Crippen LogP contribution in [-0.4, -0.2) is 55.3 Å². The standard InChI is InChI=1S/C15H32N4O2/c1-7-11-19(14(20)21-15(4,5)6)12-10-18-13(16-8-2)17-9-3/h7-12H2,1-6H3,(H2,16,17,18). The Balaban J connectivity index is 4.49. The van der Waals surface area contributed by atoms with Gasteiger partial charge in [-0.1, -0.05) is 6.92 Å². The quantitative estimate of drug-likeness (QED) is 0.559. The number of guanidine groups is 1. The lowest BCUT2D eigenvalue weighted by Crippen LogP contribution is -2.40. The van der Waals surface area contributed by atoms with E-state index < -0.39 is 5.60 Å². The van der Waals surface area contributed by atoms with Crippen LogP contribution in [0.5, 0.6) is 0 Å². The second-order valence-electron chi connectivity index (χ2n) is 5.76. The van der Waals surface area contributed by atoms with Crippen LogP contribution in [0.25, 0.3) is 0 Å². The van der Waals surface area contributed by atoms with Gasteiger partial charge in [0.05, 0.1) is 6.54 Å². The van der Waals surface area contributed by atoms with E-state index in [0.29, 0.717) is 19.6 Å². The molecular formula is C15H32N4O2. The van der Waals surface area contributed by atoms with Crippen molar-refractivity contribution in [3.8, 4) is 0 Å². The average Bonchev–Trinajstić information content (AvgIpc) is 2.36. The summed E-state index contributed by atoms with van der Waals surface area (Å²) in [6.45, 7) is 15.1. The minimum absolute atomic E-state index is 0.270. The lowest BCUT2D eigenvalue weighted by molar-refractivity contribution is 0.0256. The van der Waals surface area contributed by atoms with Gasteiger partial charge in [-0.15, -0.1) is 0 Å². The molecule has 0 aliphatic rings. The Morgan fingerprint density at radius 3 is 2.10 bits per heavy atom. The Hall–Kier alpha value is -1.46. The first kappa shape index (κ1) is 19.5. The van der Waals surface area contributed by atoms with E-state index in [1.165, 1.54) is 0 Å².